The first-order valence-corrected chi connectivity index (χ1v) is 6.99. The highest BCUT2D eigenvalue weighted by atomic mass is 16.5. The van der Waals surface area contributed by atoms with E-state index in [1.165, 1.54) is 17.0 Å². The molecule has 0 unspecified atom stereocenters. The summed E-state index contributed by atoms with van der Waals surface area (Å²) in [5, 5.41) is 0. The molecule has 2 aliphatic rings. The van der Waals surface area contributed by atoms with Crippen LogP contribution in [0.15, 0.2) is 24.3 Å². The molecule has 0 saturated heterocycles. The summed E-state index contributed by atoms with van der Waals surface area (Å²) in [7, 11) is 0. The van der Waals surface area contributed by atoms with Gasteiger partial charge in [-0.25, -0.2) is 0 Å². The van der Waals surface area contributed by atoms with E-state index in [0.717, 1.165) is 6.42 Å². The maximum absolute atomic E-state index is 6.29. The van der Waals surface area contributed by atoms with Gasteiger partial charge in [0.2, 0.25) is 6.04 Å². The van der Waals surface area contributed by atoms with Crippen LogP contribution < -0.4 is 0 Å². The molecule has 0 spiro atoms. The monoisotopic (exact) mass is 244 g/mol. The molecule has 1 aromatic carbocycles. The molecule has 3 rings (SSSR count). The number of nitrogens with zero attached hydrogens (tertiary/aromatic N) is 1. The number of rotatable bonds is 2. The minimum Gasteiger partial charge on any atom is -0.432 e. The molecule has 0 radical (unpaired) electrons. The van der Waals surface area contributed by atoms with E-state index < -0.39 is 0 Å². The standard InChI is InChI=1S/C16H22NO/c1-10(2)16-17(11(3)4)14-9-12-7-5-6-8-13(12)15(14)18-16/h5-8,10-11,14-15H,9H2,1-4H3/q+1/t14-,15+/m0/s1. The van der Waals surface area contributed by atoms with Gasteiger partial charge in [0.25, 0.3) is 0 Å². The number of benzene rings is 1. The minimum atomic E-state index is 0.251. The lowest BCUT2D eigenvalue weighted by molar-refractivity contribution is -0.589. The van der Waals surface area contributed by atoms with Crippen LogP contribution in [-0.2, 0) is 11.2 Å². The Kier molecular flexibility index (Phi) is 2.69. The van der Waals surface area contributed by atoms with Crippen LogP contribution in [0, 0.1) is 5.92 Å². The molecule has 0 aromatic heterocycles. The number of hydrogen-bond acceptors (Lipinski definition) is 1. The Balaban J connectivity index is 2.02. The van der Waals surface area contributed by atoms with Crippen molar-refractivity contribution in [1.29, 1.82) is 0 Å². The molecule has 1 aromatic rings. The van der Waals surface area contributed by atoms with Crippen LogP contribution in [0.3, 0.4) is 0 Å². The molecule has 96 valence electrons. The molecule has 0 N–H and O–H groups in total. The lowest BCUT2D eigenvalue weighted by Crippen LogP contribution is -2.33. The highest BCUT2D eigenvalue weighted by Crippen LogP contribution is 2.41. The van der Waals surface area contributed by atoms with Crippen molar-refractivity contribution < 1.29 is 9.31 Å². The van der Waals surface area contributed by atoms with Gasteiger partial charge in [-0.2, -0.15) is 4.58 Å². The van der Waals surface area contributed by atoms with E-state index in [-0.39, 0.29) is 6.10 Å². The third-order valence-corrected chi connectivity index (χ3v) is 4.05. The first-order valence-electron chi connectivity index (χ1n) is 6.99. The summed E-state index contributed by atoms with van der Waals surface area (Å²) in [6.45, 7) is 8.96. The van der Waals surface area contributed by atoms with Crippen LogP contribution in [0.25, 0.3) is 0 Å². The average molecular weight is 244 g/mol. The summed E-state index contributed by atoms with van der Waals surface area (Å²) in [6.07, 6.45) is 1.37. The average Bonchev–Trinajstić information content (AvgIpc) is 2.83. The Labute approximate surface area is 109 Å². The number of ether oxygens (including phenoxy) is 1. The second-order valence-corrected chi connectivity index (χ2v) is 6.00. The largest absolute Gasteiger partial charge is 0.432 e. The summed E-state index contributed by atoms with van der Waals surface area (Å²) >= 11 is 0. The van der Waals surface area contributed by atoms with Gasteiger partial charge in [-0.05, 0) is 33.3 Å². The topological polar surface area (TPSA) is 12.2 Å². The second kappa shape index (κ2) is 4.11. The summed E-state index contributed by atoms with van der Waals surface area (Å²) in [4.78, 5) is 0. The zero-order valence-corrected chi connectivity index (χ0v) is 11.7. The fourth-order valence-corrected chi connectivity index (χ4v) is 3.35. The van der Waals surface area contributed by atoms with Crippen molar-refractivity contribution in [3.8, 4) is 0 Å². The molecule has 0 amide bonds. The van der Waals surface area contributed by atoms with Crippen molar-refractivity contribution in [3.05, 3.63) is 35.4 Å². The van der Waals surface area contributed by atoms with Gasteiger partial charge in [-0.3, -0.25) is 0 Å². The van der Waals surface area contributed by atoms with Gasteiger partial charge in [0.1, 0.15) is 0 Å². The third kappa shape index (κ3) is 1.58. The van der Waals surface area contributed by atoms with Crippen LogP contribution in [0.1, 0.15) is 44.9 Å². The summed E-state index contributed by atoms with van der Waals surface area (Å²) in [5.41, 5.74) is 2.85. The SMILES string of the molecule is CC(C)C1=[N+](C(C)C)[C@H]2Cc3ccccc3[C@H]2O1. The number of hydrogen-bond donors (Lipinski definition) is 0. The molecule has 1 heterocycles. The normalized spacial score (nSPS) is 25.7. The van der Waals surface area contributed by atoms with E-state index in [1.54, 1.807) is 0 Å². The molecule has 2 nitrogen and oxygen atoms in total. The zero-order chi connectivity index (χ0) is 12.9. The van der Waals surface area contributed by atoms with E-state index in [9.17, 15) is 0 Å². The minimum absolute atomic E-state index is 0.251. The Morgan fingerprint density at radius 1 is 1.17 bits per heavy atom. The number of fused-ring (bicyclic) bond motifs is 3. The van der Waals surface area contributed by atoms with Crippen LogP contribution in [0.5, 0.6) is 0 Å². The smallest absolute Gasteiger partial charge is 0.340 e. The molecule has 1 aliphatic carbocycles. The molecule has 0 saturated carbocycles. The summed E-state index contributed by atoms with van der Waals surface area (Å²) in [6, 6.07) is 9.72. The van der Waals surface area contributed by atoms with Gasteiger partial charge in [0, 0.05) is 12.0 Å². The zero-order valence-electron chi connectivity index (χ0n) is 11.7. The second-order valence-electron chi connectivity index (χ2n) is 6.00. The van der Waals surface area contributed by atoms with Crippen molar-refractivity contribution in [2.75, 3.05) is 0 Å². The lowest BCUT2D eigenvalue weighted by Gasteiger charge is -2.10. The molecule has 1 aliphatic heterocycles. The molecular formula is C16H22NO+. The first kappa shape index (κ1) is 11.8. The van der Waals surface area contributed by atoms with E-state index in [1.807, 2.05) is 0 Å². The summed E-state index contributed by atoms with van der Waals surface area (Å²) in [5.74, 6) is 1.64. The predicted octanol–water partition coefficient (Wildman–Crippen LogP) is 3.16. The van der Waals surface area contributed by atoms with Crippen LogP contribution in [0.2, 0.25) is 0 Å². The molecule has 2 atom stereocenters. The molecule has 18 heavy (non-hydrogen) atoms. The Morgan fingerprint density at radius 2 is 1.89 bits per heavy atom. The third-order valence-electron chi connectivity index (χ3n) is 4.05. The Morgan fingerprint density at radius 3 is 2.56 bits per heavy atom. The van der Waals surface area contributed by atoms with Crippen molar-refractivity contribution >= 4 is 5.90 Å². The summed E-state index contributed by atoms with van der Waals surface area (Å²) < 4.78 is 8.79. The van der Waals surface area contributed by atoms with Crippen LogP contribution >= 0.6 is 0 Å². The van der Waals surface area contributed by atoms with Gasteiger partial charge in [0.05, 0.1) is 5.92 Å². The van der Waals surface area contributed by atoms with Crippen molar-refractivity contribution in [2.45, 2.75) is 52.3 Å². The Bertz CT molecular complexity index is 502. The molecule has 0 fully saturated rings. The lowest BCUT2D eigenvalue weighted by atomic mass is 10.1. The highest BCUT2D eigenvalue weighted by molar-refractivity contribution is 5.75. The Hall–Kier alpha value is -1.31. The van der Waals surface area contributed by atoms with E-state index in [0.29, 0.717) is 18.0 Å². The van der Waals surface area contributed by atoms with Gasteiger partial charge < -0.3 is 4.74 Å². The maximum Gasteiger partial charge on any atom is 0.340 e. The highest BCUT2D eigenvalue weighted by Gasteiger charge is 2.50. The first-order chi connectivity index (χ1) is 8.59. The van der Waals surface area contributed by atoms with Gasteiger partial charge in [0.15, 0.2) is 12.1 Å². The van der Waals surface area contributed by atoms with E-state index in [4.69, 9.17) is 4.74 Å². The van der Waals surface area contributed by atoms with E-state index in [2.05, 4.69) is 56.5 Å². The fraction of sp³-hybridized carbons (Fsp3) is 0.562. The van der Waals surface area contributed by atoms with E-state index >= 15 is 0 Å². The predicted molar refractivity (Wildman–Crippen MR) is 73.0 cm³/mol. The van der Waals surface area contributed by atoms with Crippen molar-refractivity contribution in [3.63, 3.8) is 0 Å². The molecule has 2 heteroatoms. The van der Waals surface area contributed by atoms with Gasteiger partial charge in [-0.15, -0.1) is 0 Å². The molecule has 0 bridgehead atoms. The van der Waals surface area contributed by atoms with Crippen molar-refractivity contribution in [2.24, 2.45) is 5.92 Å². The quantitative estimate of drug-likeness (QED) is 0.728. The van der Waals surface area contributed by atoms with Crippen LogP contribution in [0.4, 0.5) is 0 Å². The fourth-order valence-electron chi connectivity index (χ4n) is 3.35. The van der Waals surface area contributed by atoms with Crippen molar-refractivity contribution in [1.82, 2.24) is 0 Å². The van der Waals surface area contributed by atoms with Crippen LogP contribution in [-0.4, -0.2) is 22.6 Å². The van der Waals surface area contributed by atoms with Gasteiger partial charge in [-0.1, -0.05) is 24.3 Å². The maximum atomic E-state index is 6.29. The van der Waals surface area contributed by atoms with Gasteiger partial charge >= 0.3 is 5.90 Å². The molecular weight excluding hydrogens is 222 g/mol.